The monoisotopic (exact) mass is 263 g/mol. The van der Waals surface area contributed by atoms with Gasteiger partial charge in [-0.05, 0) is 39.7 Å². The summed E-state index contributed by atoms with van der Waals surface area (Å²) in [7, 11) is 0. The second-order valence-corrected chi connectivity index (χ2v) is 5.43. The first-order valence-corrected chi connectivity index (χ1v) is 7.27. The lowest BCUT2D eigenvalue weighted by atomic mass is 9.99. The number of phenolic OH excluding ortho intramolecular Hbond substituents is 1. The van der Waals surface area contributed by atoms with E-state index in [-0.39, 0.29) is 6.04 Å². The van der Waals surface area contributed by atoms with Gasteiger partial charge in [0, 0.05) is 31.3 Å². The summed E-state index contributed by atoms with van der Waals surface area (Å²) in [5.74, 6) is 0.407. The van der Waals surface area contributed by atoms with Gasteiger partial charge in [0.25, 0.3) is 0 Å². The molecule has 0 saturated carbocycles. The van der Waals surface area contributed by atoms with Crippen molar-refractivity contribution in [3.63, 3.8) is 0 Å². The number of benzene rings is 1. The lowest BCUT2D eigenvalue weighted by molar-refractivity contribution is 0.00536. The molecule has 1 fully saturated rings. The van der Waals surface area contributed by atoms with Crippen LogP contribution in [0.4, 0.5) is 0 Å². The lowest BCUT2D eigenvalue weighted by Gasteiger charge is -2.36. The van der Waals surface area contributed by atoms with Crippen molar-refractivity contribution >= 4 is 0 Å². The van der Waals surface area contributed by atoms with Gasteiger partial charge in [0.2, 0.25) is 0 Å². The van der Waals surface area contributed by atoms with E-state index in [9.17, 15) is 5.11 Å². The molecule has 19 heavy (non-hydrogen) atoms. The first-order valence-electron chi connectivity index (χ1n) is 7.27. The summed E-state index contributed by atoms with van der Waals surface area (Å²) < 4.78 is 5.68. The average Bonchev–Trinajstić information content (AvgIpc) is 2.42. The van der Waals surface area contributed by atoms with Crippen LogP contribution in [0.25, 0.3) is 0 Å². The van der Waals surface area contributed by atoms with Crippen molar-refractivity contribution in [1.29, 1.82) is 0 Å². The van der Waals surface area contributed by atoms with E-state index < -0.39 is 0 Å². The topological polar surface area (TPSA) is 32.7 Å². The van der Waals surface area contributed by atoms with Crippen molar-refractivity contribution in [3.8, 4) is 5.75 Å². The molecule has 106 valence electrons. The van der Waals surface area contributed by atoms with Crippen LogP contribution >= 0.6 is 0 Å². The molecule has 3 heteroatoms. The number of likely N-dealkylation sites (tertiary alicyclic amines) is 1. The summed E-state index contributed by atoms with van der Waals surface area (Å²) in [5, 5.41) is 10.0. The SMILES string of the molecule is CCOC1CCN(C(C)c2cc(C)ccc2O)CC1. The van der Waals surface area contributed by atoms with Crippen LogP contribution in [0.15, 0.2) is 18.2 Å². The number of phenols is 1. The Bertz CT molecular complexity index is 411. The standard InChI is InChI=1S/C16H25NO2/c1-4-19-14-7-9-17(10-8-14)13(3)15-11-12(2)5-6-16(15)18/h5-6,11,13-14,18H,4,7-10H2,1-3H3. The maximum Gasteiger partial charge on any atom is 0.120 e. The zero-order chi connectivity index (χ0) is 13.8. The van der Waals surface area contributed by atoms with Gasteiger partial charge in [-0.15, -0.1) is 0 Å². The van der Waals surface area contributed by atoms with Gasteiger partial charge in [-0.2, -0.15) is 0 Å². The molecule has 1 aromatic rings. The fourth-order valence-electron chi connectivity index (χ4n) is 2.87. The molecule has 1 N–H and O–H groups in total. The summed E-state index contributed by atoms with van der Waals surface area (Å²) in [4.78, 5) is 2.43. The van der Waals surface area contributed by atoms with E-state index in [1.807, 2.05) is 6.07 Å². The van der Waals surface area contributed by atoms with E-state index >= 15 is 0 Å². The third-order valence-corrected chi connectivity index (χ3v) is 4.06. The van der Waals surface area contributed by atoms with Crippen molar-refractivity contribution in [3.05, 3.63) is 29.3 Å². The molecule has 0 radical (unpaired) electrons. The summed E-state index contributed by atoms with van der Waals surface area (Å²) in [5.41, 5.74) is 2.23. The number of nitrogens with zero attached hydrogens (tertiary/aromatic N) is 1. The molecule has 2 rings (SSSR count). The van der Waals surface area contributed by atoms with Gasteiger partial charge in [0.15, 0.2) is 0 Å². The lowest BCUT2D eigenvalue weighted by Crippen LogP contribution is -2.38. The van der Waals surface area contributed by atoms with Gasteiger partial charge in [-0.1, -0.05) is 17.7 Å². The predicted molar refractivity (Wildman–Crippen MR) is 77.5 cm³/mol. The highest BCUT2D eigenvalue weighted by atomic mass is 16.5. The molecule has 0 aliphatic carbocycles. The number of rotatable bonds is 4. The summed E-state index contributed by atoms with van der Waals surface area (Å²) in [6, 6.07) is 6.11. The maximum atomic E-state index is 10.0. The number of hydrogen-bond acceptors (Lipinski definition) is 3. The van der Waals surface area contributed by atoms with E-state index in [0.29, 0.717) is 11.9 Å². The molecule has 1 aliphatic rings. The minimum atomic E-state index is 0.266. The van der Waals surface area contributed by atoms with E-state index in [1.165, 1.54) is 5.56 Å². The molecule has 0 amide bonds. The van der Waals surface area contributed by atoms with E-state index in [2.05, 4.69) is 31.7 Å². The second-order valence-electron chi connectivity index (χ2n) is 5.43. The highest BCUT2D eigenvalue weighted by Gasteiger charge is 2.24. The Morgan fingerprint density at radius 1 is 1.37 bits per heavy atom. The highest BCUT2D eigenvalue weighted by molar-refractivity contribution is 5.37. The highest BCUT2D eigenvalue weighted by Crippen LogP contribution is 2.31. The quantitative estimate of drug-likeness (QED) is 0.905. The number of hydrogen-bond donors (Lipinski definition) is 1. The molecule has 1 aliphatic heterocycles. The van der Waals surface area contributed by atoms with E-state index in [0.717, 1.165) is 38.1 Å². The Hall–Kier alpha value is -1.06. The van der Waals surface area contributed by atoms with Crippen LogP contribution in [0, 0.1) is 6.92 Å². The summed E-state index contributed by atoms with van der Waals surface area (Å²) in [6.07, 6.45) is 2.59. The van der Waals surface area contributed by atoms with Crippen LogP contribution in [0.2, 0.25) is 0 Å². The number of aryl methyl sites for hydroxylation is 1. The number of aromatic hydroxyl groups is 1. The fraction of sp³-hybridized carbons (Fsp3) is 0.625. The zero-order valence-corrected chi connectivity index (χ0v) is 12.2. The minimum absolute atomic E-state index is 0.266. The second kappa shape index (κ2) is 6.40. The minimum Gasteiger partial charge on any atom is -0.508 e. The Labute approximate surface area is 116 Å². The molecule has 3 nitrogen and oxygen atoms in total. The Kier molecular flexibility index (Phi) is 4.83. The van der Waals surface area contributed by atoms with Crippen molar-refractivity contribution in [2.45, 2.75) is 45.8 Å². The van der Waals surface area contributed by atoms with Crippen LogP contribution < -0.4 is 0 Å². The Balaban J connectivity index is 2.01. The van der Waals surface area contributed by atoms with Crippen LogP contribution in [-0.4, -0.2) is 35.8 Å². The molecule has 1 aromatic carbocycles. The Morgan fingerprint density at radius 3 is 2.68 bits per heavy atom. The van der Waals surface area contributed by atoms with Crippen molar-refractivity contribution in [2.75, 3.05) is 19.7 Å². The molecule has 0 spiro atoms. The van der Waals surface area contributed by atoms with Gasteiger partial charge in [0.05, 0.1) is 6.10 Å². The number of piperidine rings is 1. The van der Waals surface area contributed by atoms with Gasteiger partial charge in [0.1, 0.15) is 5.75 Å². The molecule has 1 unspecified atom stereocenters. The molecular formula is C16H25NO2. The van der Waals surface area contributed by atoms with Gasteiger partial charge in [-0.3, -0.25) is 4.90 Å². The van der Waals surface area contributed by atoms with Crippen LogP contribution in [0.5, 0.6) is 5.75 Å². The summed E-state index contributed by atoms with van der Waals surface area (Å²) in [6.45, 7) is 9.18. The van der Waals surface area contributed by atoms with E-state index in [1.54, 1.807) is 6.07 Å². The normalized spacial score (nSPS) is 19.5. The Morgan fingerprint density at radius 2 is 2.05 bits per heavy atom. The zero-order valence-electron chi connectivity index (χ0n) is 12.2. The van der Waals surface area contributed by atoms with Crippen LogP contribution in [-0.2, 0) is 4.74 Å². The maximum absolute atomic E-state index is 10.0. The molecular weight excluding hydrogens is 238 g/mol. The smallest absolute Gasteiger partial charge is 0.120 e. The van der Waals surface area contributed by atoms with Crippen molar-refractivity contribution in [2.24, 2.45) is 0 Å². The van der Waals surface area contributed by atoms with Crippen molar-refractivity contribution < 1.29 is 9.84 Å². The first-order chi connectivity index (χ1) is 9.11. The van der Waals surface area contributed by atoms with Crippen LogP contribution in [0.3, 0.4) is 0 Å². The molecule has 1 atom stereocenters. The van der Waals surface area contributed by atoms with Gasteiger partial charge < -0.3 is 9.84 Å². The van der Waals surface area contributed by atoms with Gasteiger partial charge >= 0.3 is 0 Å². The predicted octanol–water partition coefficient (Wildman–Crippen LogP) is 3.26. The number of ether oxygens (including phenoxy) is 1. The van der Waals surface area contributed by atoms with Crippen LogP contribution in [0.1, 0.15) is 43.9 Å². The third-order valence-electron chi connectivity index (χ3n) is 4.06. The van der Waals surface area contributed by atoms with E-state index in [4.69, 9.17) is 4.74 Å². The molecule has 1 saturated heterocycles. The average molecular weight is 263 g/mol. The van der Waals surface area contributed by atoms with Gasteiger partial charge in [-0.25, -0.2) is 0 Å². The molecule has 0 aromatic heterocycles. The first kappa shape index (κ1) is 14.4. The summed E-state index contributed by atoms with van der Waals surface area (Å²) >= 11 is 0. The van der Waals surface area contributed by atoms with Crippen molar-refractivity contribution in [1.82, 2.24) is 4.90 Å². The third kappa shape index (κ3) is 3.48. The largest absolute Gasteiger partial charge is 0.508 e. The molecule has 1 heterocycles. The fourth-order valence-corrected chi connectivity index (χ4v) is 2.87. The molecule has 0 bridgehead atoms.